The molecule has 0 aliphatic carbocycles. The maximum atomic E-state index is 5.84. The van der Waals surface area contributed by atoms with Gasteiger partial charge in [0.15, 0.2) is 0 Å². The third-order valence-electron chi connectivity index (χ3n) is 2.05. The van der Waals surface area contributed by atoms with Crippen LogP contribution in [0.2, 0.25) is 9.49 Å². The topological polar surface area (TPSA) is 24.9 Å². The van der Waals surface area contributed by atoms with E-state index in [1.807, 2.05) is 18.2 Å². The van der Waals surface area contributed by atoms with Crippen molar-refractivity contribution in [2.24, 2.45) is 0 Å². The molecule has 0 radical (unpaired) electrons. The van der Waals surface area contributed by atoms with E-state index in [9.17, 15) is 0 Å². The molecule has 92 valence electrons. The van der Waals surface area contributed by atoms with E-state index >= 15 is 0 Å². The molecule has 0 amide bonds. The van der Waals surface area contributed by atoms with Crippen LogP contribution >= 0.6 is 46.9 Å². The first-order chi connectivity index (χ1) is 7.74. The van der Waals surface area contributed by atoms with Crippen LogP contribution in [0.25, 0.3) is 0 Å². The molecule has 2 rings (SSSR count). The highest BCUT2D eigenvalue weighted by molar-refractivity contribution is 7.16. The van der Waals surface area contributed by atoms with Crippen molar-refractivity contribution in [1.29, 1.82) is 0 Å². The second-order valence-corrected chi connectivity index (χ2v) is 5.49. The van der Waals surface area contributed by atoms with Crippen LogP contribution in [0, 0.1) is 0 Å². The summed E-state index contributed by atoms with van der Waals surface area (Å²) < 4.78 is 0.824. The largest absolute Gasteiger partial charge is 0.308 e. The average Bonchev–Trinajstić information content (AvgIpc) is 2.67. The Bertz CT molecular complexity index is 456. The number of rotatable bonds is 4. The van der Waals surface area contributed by atoms with E-state index in [0.29, 0.717) is 5.15 Å². The van der Waals surface area contributed by atoms with Gasteiger partial charge in [0.05, 0.1) is 4.34 Å². The fourth-order valence-electron chi connectivity index (χ4n) is 1.29. The van der Waals surface area contributed by atoms with Crippen LogP contribution in [-0.4, -0.2) is 4.98 Å². The molecule has 2 nitrogen and oxygen atoms in total. The summed E-state index contributed by atoms with van der Waals surface area (Å²) in [7, 11) is 0. The van der Waals surface area contributed by atoms with Gasteiger partial charge in [0.2, 0.25) is 0 Å². The maximum absolute atomic E-state index is 5.84. The Hall–Kier alpha value is -0.320. The van der Waals surface area contributed by atoms with Crippen LogP contribution in [0.5, 0.6) is 0 Å². The Morgan fingerprint density at radius 1 is 1.12 bits per heavy atom. The fraction of sp³-hybridized carbons (Fsp3) is 0.182. The molecule has 2 aromatic heterocycles. The third kappa shape index (κ3) is 4.82. The Morgan fingerprint density at radius 2 is 1.94 bits per heavy atom. The number of thiophene rings is 1. The van der Waals surface area contributed by atoms with Crippen LogP contribution in [0.15, 0.2) is 30.5 Å². The van der Waals surface area contributed by atoms with Gasteiger partial charge in [0, 0.05) is 24.2 Å². The summed E-state index contributed by atoms with van der Waals surface area (Å²) in [4.78, 5) is 5.24. The number of hydrogen-bond acceptors (Lipinski definition) is 3. The van der Waals surface area contributed by atoms with E-state index in [-0.39, 0.29) is 12.4 Å². The molecular formula is C11H11Cl3N2S. The van der Waals surface area contributed by atoms with Crippen LogP contribution < -0.4 is 5.32 Å². The highest BCUT2D eigenvalue weighted by Crippen LogP contribution is 2.21. The van der Waals surface area contributed by atoms with Gasteiger partial charge in [-0.2, -0.15) is 0 Å². The van der Waals surface area contributed by atoms with E-state index in [1.165, 1.54) is 4.88 Å². The second-order valence-electron chi connectivity index (χ2n) is 3.30. The third-order valence-corrected chi connectivity index (χ3v) is 3.50. The van der Waals surface area contributed by atoms with E-state index in [4.69, 9.17) is 23.2 Å². The summed E-state index contributed by atoms with van der Waals surface area (Å²) in [6.45, 7) is 1.60. The molecule has 6 heteroatoms. The molecular weight excluding hydrogens is 299 g/mol. The van der Waals surface area contributed by atoms with E-state index in [2.05, 4.69) is 10.3 Å². The monoisotopic (exact) mass is 308 g/mol. The highest BCUT2D eigenvalue weighted by atomic mass is 35.5. The summed E-state index contributed by atoms with van der Waals surface area (Å²) in [6, 6.07) is 7.69. The summed E-state index contributed by atoms with van der Waals surface area (Å²) in [5.41, 5.74) is 1.12. The van der Waals surface area contributed by atoms with Gasteiger partial charge in [0.25, 0.3) is 0 Å². The van der Waals surface area contributed by atoms with E-state index < -0.39 is 0 Å². The van der Waals surface area contributed by atoms with Crippen LogP contribution in [0.3, 0.4) is 0 Å². The standard InChI is InChI=1S/C11H10Cl2N2S.ClH/c12-10-3-1-8(6-15-10)5-14-7-9-2-4-11(13)16-9;/h1-4,6,14H,5,7H2;1H. The smallest absolute Gasteiger partial charge is 0.129 e. The zero-order chi connectivity index (χ0) is 11.4. The Labute approximate surface area is 120 Å². The van der Waals surface area contributed by atoms with Gasteiger partial charge < -0.3 is 5.32 Å². The SMILES string of the molecule is Cl.Clc1ccc(CNCc2ccc(Cl)s2)cn1. The number of hydrogen-bond donors (Lipinski definition) is 1. The minimum atomic E-state index is 0. The van der Waals surface area contributed by atoms with Crippen molar-refractivity contribution in [3.8, 4) is 0 Å². The lowest BCUT2D eigenvalue weighted by molar-refractivity contribution is 0.699. The molecule has 0 spiro atoms. The highest BCUT2D eigenvalue weighted by Gasteiger charge is 1.98. The molecule has 0 unspecified atom stereocenters. The average molecular weight is 310 g/mol. The minimum Gasteiger partial charge on any atom is -0.308 e. The number of aromatic nitrogens is 1. The predicted octanol–water partition coefficient (Wildman–Crippen LogP) is 4.16. The predicted molar refractivity (Wildman–Crippen MR) is 76.4 cm³/mol. The van der Waals surface area contributed by atoms with Crippen molar-refractivity contribution in [3.05, 3.63) is 50.4 Å². The summed E-state index contributed by atoms with van der Waals surface area (Å²) in [5.74, 6) is 0. The Balaban J connectivity index is 0.00000144. The molecule has 0 bridgehead atoms. The van der Waals surface area contributed by atoms with Crippen molar-refractivity contribution >= 4 is 46.9 Å². The minimum absolute atomic E-state index is 0. The van der Waals surface area contributed by atoms with Crippen LogP contribution in [-0.2, 0) is 13.1 Å². The van der Waals surface area contributed by atoms with Crippen molar-refractivity contribution in [3.63, 3.8) is 0 Å². The first kappa shape index (κ1) is 14.7. The van der Waals surface area contributed by atoms with Gasteiger partial charge in [-0.05, 0) is 23.8 Å². The van der Waals surface area contributed by atoms with Gasteiger partial charge >= 0.3 is 0 Å². The molecule has 0 saturated heterocycles. The molecule has 1 N–H and O–H groups in total. The number of halogens is 3. The lowest BCUT2D eigenvalue weighted by Crippen LogP contribution is -2.11. The maximum Gasteiger partial charge on any atom is 0.129 e. The lowest BCUT2D eigenvalue weighted by Gasteiger charge is -2.02. The molecule has 0 aromatic carbocycles. The van der Waals surface area contributed by atoms with E-state index in [0.717, 1.165) is 23.0 Å². The molecule has 0 aliphatic rings. The zero-order valence-corrected chi connectivity index (χ0v) is 12.0. The molecule has 2 heterocycles. The summed E-state index contributed by atoms with van der Waals surface area (Å²) in [6.07, 6.45) is 1.77. The van der Waals surface area contributed by atoms with Crippen molar-refractivity contribution in [2.75, 3.05) is 0 Å². The summed E-state index contributed by atoms with van der Waals surface area (Å²) in [5, 5.41) is 3.84. The van der Waals surface area contributed by atoms with Crippen molar-refractivity contribution < 1.29 is 0 Å². The number of pyridine rings is 1. The van der Waals surface area contributed by atoms with Crippen molar-refractivity contribution in [1.82, 2.24) is 10.3 Å². The normalized spacial score (nSPS) is 10.0. The quantitative estimate of drug-likeness (QED) is 0.858. The first-order valence-corrected chi connectivity index (χ1v) is 6.36. The van der Waals surface area contributed by atoms with Gasteiger partial charge in [0.1, 0.15) is 5.15 Å². The molecule has 17 heavy (non-hydrogen) atoms. The first-order valence-electron chi connectivity index (χ1n) is 4.79. The van der Waals surface area contributed by atoms with Gasteiger partial charge in [-0.25, -0.2) is 4.98 Å². The van der Waals surface area contributed by atoms with Crippen molar-refractivity contribution in [2.45, 2.75) is 13.1 Å². The molecule has 0 saturated carbocycles. The fourth-order valence-corrected chi connectivity index (χ4v) is 2.46. The second kappa shape index (κ2) is 7.19. The van der Waals surface area contributed by atoms with Gasteiger partial charge in [-0.1, -0.05) is 29.3 Å². The molecule has 0 atom stereocenters. The van der Waals surface area contributed by atoms with Gasteiger partial charge in [-0.15, -0.1) is 23.7 Å². The lowest BCUT2D eigenvalue weighted by atomic mass is 10.3. The number of nitrogens with zero attached hydrogens (tertiary/aromatic N) is 1. The van der Waals surface area contributed by atoms with Crippen LogP contribution in [0.1, 0.15) is 10.4 Å². The van der Waals surface area contributed by atoms with Gasteiger partial charge in [-0.3, -0.25) is 0 Å². The Kier molecular flexibility index (Phi) is 6.23. The zero-order valence-electron chi connectivity index (χ0n) is 8.82. The molecule has 0 aliphatic heterocycles. The van der Waals surface area contributed by atoms with Crippen LogP contribution in [0.4, 0.5) is 0 Å². The summed E-state index contributed by atoms with van der Waals surface area (Å²) >= 11 is 13.1. The van der Waals surface area contributed by atoms with E-state index in [1.54, 1.807) is 23.6 Å². The Morgan fingerprint density at radius 3 is 2.53 bits per heavy atom. The molecule has 2 aromatic rings. The number of nitrogens with one attached hydrogen (secondary N) is 1. The molecule has 0 fully saturated rings.